The Morgan fingerprint density at radius 3 is 3.00 bits per heavy atom. The average Bonchev–Trinajstić information content (AvgIpc) is 2.48. The monoisotopic (exact) mass is 224 g/mol. The second-order valence-corrected chi connectivity index (χ2v) is 2.87. The van der Waals surface area contributed by atoms with Crippen LogP contribution in [-0.2, 0) is 0 Å². The number of aromatic carboxylic acids is 1. The first-order chi connectivity index (χ1) is 5.74. The van der Waals surface area contributed by atoms with Crippen molar-refractivity contribution in [2.75, 3.05) is 11.9 Å². The third kappa shape index (κ3) is 4.34. The van der Waals surface area contributed by atoms with E-state index in [4.69, 9.17) is 5.11 Å². The first-order valence-corrected chi connectivity index (χ1v) is 4.15. The van der Waals surface area contributed by atoms with Gasteiger partial charge in [0.2, 0.25) is 0 Å². The molecule has 0 fully saturated rings. The Bertz CT molecular complexity index is 300. The first kappa shape index (κ1) is 13.3. The summed E-state index contributed by atoms with van der Waals surface area (Å²) in [6, 6.07) is 0. The van der Waals surface area contributed by atoms with E-state index < -0.39 is 5.97 Å². The van der Waals surface area contributed by atoms with Crippen molar-refractivity contribution in [3.05, 3.63) is 23.7 Å². The molecule has 0 aromatic carbocycles. The summed E-state index contributed by atoms with van der Waals surface area (Å²) >= 11 is 1.27. The number of aromatic nitrogens is 1. The number of nitrogens with one attached hydrogen (secondary N) is 1. The second-order valence-electron chi connectivity index (χ2n) is 2.01. The van der Waals surface area contributed by atoms with Gasteiger partial charge in [-0.25, -0.2) is 9.78 Å². The second kappa shape index (κ2) is 6.69. The Kier molecular flexibility index (Phi) is 6.83. The number of hydrogen-bond donors (Lipinski definition) is 2. The molecule has 0 atom stereocenters. The Hall–Kier alpha value is 0.276. The topological polar surface area (TPSA) is 62.2 Å². The van der Waals surface area contributed by atoms with Crippen molar-refractivity contribution in [3.63, 3.8) is 0 Å². The summed E-state index contributed by atoms with van der Waals surface area (Å²) in [6.07, 6.45) is 1.68. The summed E-state index contributed by atoms with van der Waals surface area (Å²) in [6.45, 7) is 4.11. The molecule has 0 radical (unpaired) electrons. The van der Waals surface area contributed by atoms with Gasteiger partial charge in [0.25, 0.3) is 0 Å². The van der Waals surface area contributed by atoms with Gasteiger partial charge in [-0.2, -0.15) is 0 Å². The van der Waals surface area contributed by atoms with Gasteiger partial charge < -0.3 is 10.4 Å². The fourth-order valence-electron chi connectivity index (χ4n) is 0.613. The van der Waals surface area contributed by atoms with Crippen LogP contribution < -0.4 is 5.32 Å². The molecule has 0 spiro atoms. The van der Waals surface area contributed by atoms with E-state index in [2.05, 4.69) is 16.9 Å². The van der Waals surface area contributed by atoms with E-state index in [1.165, 1.54) is 16.7 Å². The van der Waals surface area contributed by atoms with Crippen molar-refractivity contribution in [3.8, 4) is 0 Å². The molecule has 1 heterocycles. The molecular weight excluding hydrogens is 215 g/mol. The molecule has 0 saturated heterocycles. The summed E-state index contributed by atoms with van der Waals surface area (Å²) in [5, 5.41) is 13.5. The molecule has 0 aliphatic heterocycles. The molecule has 1 rings (SSSR count). The molecule has 66 valence electrons. The Morgan fingerprint density at radius 1 is 1.85 bits per heavy atom. The maximum atomic E-state index is 10.4. The standard InChI is InChI=1S/C7H8N2O2S.K.H/c1-2-3-8-7-9-5(4-12-7)6(10)11;;/h2,4H,1,3H2,(H,8,9)(H,10,11);;. The number of hydrogen-bond acceptors (Lipinski definition) is 4. The summed E-state index contributed by atoms with van der Waals surface area (Å²) < 4.78 is 0. The normalized spacial score (nSPS) is 8.62. The minimum absolute atomic E-state index is 0. The number of carboxylic acid groups (broad SMARTS) is 1. The van der Waals surface area contributed by atoms with Crippen molar-refractivity contribution in [1.29, 1.82) is 0 Å². The first-order valence-electron chi connectivity index (χ1n) is 3.27. The fourth-order valence-corrected chi connectivity index (χ4v) is 1.31. The number of nitrogens with zero attached hydrogens (tertiary/aromatic N) is 1. The van der Waals surface area contributed by atoms with E-state index in [1.807, 2.05) is 0 Å². The predicted octanol–water partition coefficient (Wildman–Crippen LogP) is 0.791. The van der Waals surface area contributed by atoms with Gasteiger partial charge in [-0.1, -0.05) is 6.08 Å². The van der Waals surface area contributed by atoms with Crippen LogP contribution in [0.2, 0.25) is 0 Å². The summed E-state index contributed by atoms with van der Waals surface area (Å²) in [7, 11) is 0. The van der Waals surface area contributed by atoms with Crippen LogP contribution in [0.1, 0.15) is 10.5 Å². The summed E-state index contributed by atoms with van der Waals surface area (Å²) in [5.41, 5.74) is 0.0755. The Morgan fingerprint density at radius 2 is 2.54 bits per heavy atom. The molecule has 0 unspecified atom stereocenters. The van der Waals surface area contributed by atoms with Crippen LogP contribution in [0.15, 0.2) is 18.0 Å². The molecule has 0 aliphatic rings. The summed E-state index contributed by atoms with van der Waals surface area (Å²) in [5.74, 6) is -1.00. The van der Waals surface area contributed by atoms with Gasteiger partial charge in [0, 0.05) is 11.9 Å². The fraction of sp³-hybridized carbons (Fsp3) is 0.143. The van der Waals surface area contributed by atoms with Gasteiger partial charge in [-0.15, -0.1) is 17.9 Å². The zero-order valence-corrected chi connectivity index (χ0v) is 7.10. The Labute approximate surface area is 122 Å². The van der Waals surface area contributed by atoms with Crippen molar-refractivity contribution in [2.45, 2.75) is 0 Å². The maximum absolute atomic E-state index is 10.4. The molecule has 4 nitrogen and oxygen atoms in total. The van der Waals surface area contributed by atoms with Crippen molar-refractivity contribution >= 4 is 73.8 Å². The SMILES string of the molecule is C=CCNc1nc(C(=O)O)cs1.[KH]. The molecule has 0 aliphatic carbocycles. The van der Waals surface area contributed by atoms with Crippen molar-refractivity contribution in [2.24, 2.45) is 0 Å². The third-order valence-electron chi connectivity index (χ3n) is 1.12. The molecule has 0 saturated carbocycles. The van der Waals surface area contributed by atoms with Crippen molar-refractivity contribution < 1.29 is 9.90 Å². The predicted molar refractivity (Wildman–Crippen MR) is 54.9 cm³/mol. The van der Waals surface area contributed by atoms with Gasteiger partial charge in [0.1, 0.15) is 0 Å². The minimum atomic E-state index is -1.00. The van der Waals surface area contributed by atoms with E-state index in [0.29, 0.717) is 11.7 Å². The van der Waals surface area contributed by atoms with Gasteiger partial charge in [0.05, 0.1) is 0 Å². The van der Waals surface area contributed by atoms with Crippen molar-refractivity contribution in [1.82, 2.24) is 4.98 Å². The van der Waals surface area contributed by atoms with E-state index in [9.17, 15) is 4.79 Å². The van der Waals surface area contributed by atoms with Gasteiger partial charge in [0.15, 0.2) is 10.8 Å². The van der Waals surface area contributed by atoms with E-state index in [1.54, 1.807) is 6.08 Å². The Balaban J connectivity index is 0.00000144. The number of thiazole rings is 1. The number of rotatable bonds is 4. The van der Waals surface area contributed by atoms with Crippen LogP contribution in [0.25, 0.3) is 0 Å². The van der Waals surface area contributed by atoms with E-state index in [-0.39, 0.29) is 57.1 Å². The molecule has 13 heavy (non-hydrogen) atoms. The van der Waals surface area contributed by atoms with Crippen LogP contribution >= 0.6 is 11.3 Å². The van der Waals surface area contributed by atoms with Gasteiger partial charge >= 0.3 is 57.4 Å². The molecule has 2 N–H and O–H groups in total. The van der Waals surface area contributed by atoms with Crippen LogP contribution in [0.3, 0.4) is 0 Å². The molecule has 6 heteroatoms. The average molecular weight is 224 g/mol. The molecule has 0 amide bonds. The molecule has 1 aromatic heterocycles. The molecule has 0 bridgehead atoms. The van der Waals surface area contributed by atoms with Crippen LogP contribution in [0.5, 0.6) is 0 Å². The number of carboxylic acids is 1. The van der Waals surface area contributed by atoms with Crippen LogP contribution in [0.4, 0.5) is 5.13 Å². The van der Waals surface area contributed by atoms with Crippen LogP contribution in [-0.4, -0.2) is 74.0 Å². The van der Waals surface area contributed by atoms with E-state index >= 15 is 0 Å². The molecule has 1 aromatic rings. The quantitative estimate of drug-likeness (QED) is 0.586. The van der Waals surface area contributed by atoms with E-state index in [0.717, 1.165) is 0 Å². The molecular formula is C7H9KN2O2S. The van der Waals surface area contributed by atoms with Crippen LogP contribution in [0, 0.1) is 0 Å². The number of anilines is 1. The zero-order valence-electron chi connectivity index (χ0n) is 6.28. The van der Waals surface area contributed by atoms with Gasteiger partial charge in [-0.05, 0) is 0 Å². The van der Waals surface area contributed by atoms with Gasteiger partial charge in [-0.3, -0.25) is 0 Å². The zero-order chi connectivity index (χ0) is 8.97. The number of carbonyl (C=O) groups is 1. The third-order valence-corrected chi connectivity index (χ3v) is 1.92. The summed E-state index contributed by atoms with van der Waals surface area (Å²) in [4.78, 5) is 14.2.